The quantitative estimate of drug-likeness (QED) is 0.0527. The van der Waals surface area contributed by atoms with Crippen LogP contribution in [-0.2, 0) is 57.0 Å². The van der Waals surface area contributed by atoms with Gasteiger partial charge in [-0.15, -0.1) is 6.42 Å². The van der Waals surface area contributed by atoms with Crippen molar-refractivity contribution in [2.24, 2.45) is 5.73 Å². The predicted octanol–water partition coefficient (Wildman–Crippen LogP) is 1.16. The highest BCUT2D eigenvalue weighted by molar-refractivity contribution is 5.77. The third kappa shape index (κ3) is 62.7. The van der Waals surface area contributed by atoms with Crippen molar-refractivity contribution in [1.82, 2.24) is 16.0 Å². The summed E-state index contributed by atoms with van der Waals surface area (Å²) in [5, 5.41) is 8.35. The molecule has 0 aliphatic carbocycles. The van der Waals surface area contributed by atoms with Crippen LogP contribution in [0.2, 0.25) is 0 Å². The van der Waals surface area contributed by atoms with Crippen molar-refractivity contribution in [1.29, 1.82) is 0 Å². The van der Waals surface area contributed by atoms with E-state index in [4.69, 9.17) is 59.5 Å². The maximum absolute atomic E-state index is 11.2. The zero-order valence-corrected chi connectivity index (χ0v) is 33.0. The van der Waals surface area contributed by atoms with Crippen molar-refractivity contribution < 1.29 is 57.0 Å². The molecule has 0 aromatic rings. The number of hydrogen-bond donors (Lipinski definition) is 4. The van der Waals surface area contributed by atoms with Gasteiger partial charge in [-0.05, 0) is 19.5 Å². The molecular formula is C36H74N4O12. The highest BCUT2D eigenvalue weighted by atomic mass is 16.6. The van der Waals surface area contributed by atoms with Crippen molar-refractivity contribution in [3.8, 4) is 12.3 Å². The third-order valence-corrected chi connectivity index (χ3v) is 5.34. The number of nitrogens with one attached hydrogen (secondary N) is 3. The summed E-state index contributed by atoms with van der Waals surface area (Å²) in [7, 11) is 1.65. The summed E-state index contributed by atoms with van der Waals surface area (Å²) in [6, 6.07) is 0. The van der Waals surface area contributed by atoms with Crippen molar-refractivity contribution in [3.63, 3.8) is 0 Å². The first-order valence-electron chi connectivity index (χ1n) is 18.2. The maximum atomic E-state index is 11.2. The molecule has 0 unspecified atom stereocenters. The van der Waals surface area contributed by atoms with Gasteiger partial charge in [0.25, 0.3) is 0 Å². The monoisotopic (exact) mass is 755 g/mol. The van der Waals surface area contributed by atoms with Crippen LogP contribution in [0.15, 0.2) is 12.8 Å². The number of amides is 2. The van der Waals surface area contributed by atoms with Crippen LogP contribution in [0.4, 0.5) is 0 Å². The summed E-state index contributed by atoms with van der Waals surface area (Å²) in [6.07, 6.45) is 8.73. The third-order valence-electron chi connectivity index (χ3n) is 5.34. The predicted molar refractivity (Wildman–Crippen MR) is 203 cm³/mol. The molecular weight excluding hydrogens is 680 g/mol. The van der Waals surface area contributed by atoms with Crippen LogP contribution in [-0.4, -0.2) is 171 Å². The summed E-state index contributed by atoms with van der Waals surface area (Å²) in [5.41, 5.74) is 5.26. The van der Waals surface area contributed by atoms with Crippen LogP contribution in [0.5, 0.6) is 0 Å². The molecule has 0 radical (unpaired) electrons. The van der Waals surface area contributed by atoms with Crippen molar-refractivity contribution >= 4 is 11.8 Å². The molecule has 52 heavy (non-hydrogen) atoms. The molecule has 0 aliphatic heterocycles. The van der Waals surface area contributed by atoms with Gasteiger partial charge in [0.15, 0.2) is 0 Å². The topological polar surface area (TPSA) is 189 Å². The Balaban J connectivity index is -0.000000330. The lowest BCUT2D eigenvalue weighted by Gasteiger charge is -2.07. The Labute approximate surface area is 314 Å². The van der Waals surface area contributed by atoms with Gasteiger partial charge in [0.2, 0.25) is 11.8 Å². The average molecular weight is 755 g/mol. The Morgan fingerprint density at radius 2 is 1.06 bits per heavy atom. The lowest BCUT2D eigenvalue weighted by Crippen LogP contribution is -2.29. The summed E-state index contributed by atoms with van der Waals surface area (Å²) in [4.78, 5) is 22.2. The molecule has 16 heteroatoms. The fraction of sp³-hybridized carbons (Fsp3) is 0.833. The van der Waals surface area contributed by atoms with Crippen molar-refractivity contribution in [3.05, 3.63) is 12.8 Å². The molecule has 0 heterocycles. The number of ether oxygens (including phenoxy) is 10. The molecule has 0 fully saturated rings. The van der Waals surface area contributed by atoms with E-state index in [9.17, 15) is 9.59 Å². The number of terminal acetylenes is 1. The summed E-state index contributed by atoms with van der Waals surface area (Å²) < 4.78 is 51.4. The van der Waals surface area contributed by atoms with Crippen LogP contribution in [0.1, 0.15) is 40.5 Å². The van der Waals surface area contributed by atoms with Gasteiger partial charge in [0, 0.05) is 33.3 Å². The number of methoxy groups -OCH3 is 1. The fourth-order valence-corrected chi connectivity index (χ4v) is 2.94. The minimum atomic E-state index is -0.113. The molecule has 0 aromatic carbocycles. The van der Waals surface area contributed by atoms with E-state index in [1.807, 2.05) is 20.8 Å². The summed E-state index contributed by atoms with van der Waals surface area (Å²) in [6.45, 7) is 23.1. The smallest absolute Gasteiger partial charge is 0.245 e. The van der Waals surface area contributed by atoms with Gasteiger partial charge in [-0.2, -0.15) is 0 Å². The summed E-state index contributed by atoms with van der Waals surface area (Å²) >= 11 is 0. The van der Waals surface area contributed by atoms with E-state index in [0.717, 1.165) is 19.4 Å². The number of likely N-dealkylation sites (N-methyl/N-ethyl adjacent to an activating group) is 1. The molecule has 0 saturated carbocycles. The Hall–Kier alpha value is -2.40. The molecule has 0 aliphatic rings. The molecule has 0 bridgehead atoms. The van der Waals surface area contributed by atoms with Gasteiger partial charge < -0.3 is 69.1 Å². The highest BCUT2D eigenvalue weighted by Gasteiger charge is 2.00. The standard InChI is InChI=1S/C13H23NO5.C12H26N2O4.C9H19NO3.C2H6/c1-3-5-16-6-7-17-8-9-18-10-11-19-12-13(15)14-4-2;1-2-3-5-14-12(15)11-18-10-9-17-8-7-16-6-4-13;1-3-10-4-5-12-8-9-13-7-6-11-2;1-2/h1H,4-12H2,2H3,(H,14,15);2-11,13H2,1H3,(H,14,15);3,10H,1,4-9H2,2H3;1-2H3. The highest BCUT2D eigenvalue weighted by Crippen LogP contribution is 1.85. The van der Waals surface area contributed by atoms with Crippen molar-refractivity contribution in [2.75, 3.05) is 159 Å². The van der Waals surface area contributed by atoms with E-state index < -0.39 is 0 Å². The first-order chi connectivity index (χ1) is 25.5. The summed E-state index contributed by atoms with van der Waals surface area (Å²) in [5.74, 6) is 2.18. The SMILES string of the molecule is C#CCOCCOCCOCCOCC(=O)NCC.C=CNCCOCCOCCOC.CC.CCCCNC(=O)COCCOCCOCCN. The maximum Gasteiger partial charge on any atom is 0.245 e. The second-order valence-electron chi connectivity index (χ2n) is 9.63. The van der Waals surface area contributed by atoms with Crippen molar-refractivity contribution in [2.45, 2.75) is 40.5 Å². The molecule has 16 nitrogen and oxygen atoms in total. The van der Waals surface area contributed by atoms with Gasteiger partial charge in [-0.3, -0.25) is 9.59 Å². The van der Waals surface area contributed by atoms with E-state index in [2.05, 4.69) is 35.4 Å². The van der Waals surface area contributed by atoms with Gasteiger partial charge >= 0.3 is 0 Å². The number of unbranched alkanes of at least 4 members (excludes halogenated alkanes) is 1. The normalized spacial score (nSPS) is 9.94. The molecule has 0 saturated heterocycles. The minimum absolute atomic E-state index is 0.0697. The molecule has 0 rings (SSSR count). The Kier molecular flexibility index (Phi) is 62.8. The molecule has 5 N–H and O–H groups in total. The molecule has 0 atom stereocenters. The van der Waals surface area contributed by atoms with Gasteiger partial charge in [-0.25, -0.2) is 0 Å². The zero-order chi connectivity index (χ0) is 39.4. The van der Waals surface area contributed by atoms with Crippen LogP contribution in [0.3, 0.4) is 0 Å². The zero-order valence-electron chi connectivity index (χ0n) is 33.0. The molecule has 310 valence electrons. The van der Waals surface area contributed by atoms with Gasteiger partial charge in [0.1, 0.15) is 19.8 Å². The van der Waals surface area contributed by atoms with E-state index in [0.29, 0.717) is 132 Å². The largest absolute Gasteiger partial charge is 0.389 e. The molecule has 0 spiro atoms. The van der Waals surface area contributed by atoms with Gasteiger partial charge in [-0.1, -0.05) is 39.7 Å². The number of carbonyl (C=O) groups is 2. The van der Waals surface area contributed by atoms with Crippen LogP contribution in [0.25, 0.3) is 0 Å². The van der Waals surface area contributed by atoms with Crippen LogP contribution in [0, 0.1) is 12.3 Å². The van der Waals surface area contributed by atoms with E-state index in [-0.39, 0.29) is 25.0 Å². The first-order valence-corrected chi connectivity index (χ1v) is 18.2. The van der Waals surface area contributed by atoms with Gasteiger partial charge in [0.05, 0.1) is 106 Å². The Morgan fingerprint density at radius 1 is 0.635 bits per heavy atom. The molecule has 2 amide bonds. The number of hydrogen-bond acceptors (Lipinski definition) is 14. The fourth-order valence-electron chi connectivity index (χ4n) is 2.94. The molecule has 0 aromatic heterocycles. The Morgan fingerprint density at radius 3 is 1.48 bits per heavy atom. The number of nitrogens with two attached hydrogens (primary N) is 1. The van der Waals surface area contributed by atoms with E-state index in [1.54, 1.807) is 13.3 Å². The lowest BCUT2D eigenvalue weighted by atomic mass is 10.3. The number of rotatable bonds is 36. The second kappa shape index (κ2) is 57.9. The van der Waals surface area contributed by atoms with Crippen LogP contribution >= 0.6 is 0 Å². The van der Waals surface area contributed by atoms with Crippen LogP contribution < -0.4 is 21.7 Å². The van der Waals surface area contributed by atoms with E-state index >= 15 is 0 Å². The average Bonchev–Trinajstić information content (AvgIpc) is 3.15. The second-order valence-corrected chi connectivity index (χ2v) is 9.63. The first kappa shape index (κ1) is 56.3. The minimum Gasteiger partial charge on any atom is -0.389 e. The number of carbonyl (C=O) groups excluding carboxylic acids is 2. The van der Waals surface area contributed by atoms with E-state index in [1.165, 1.54) is 0 Å². The lowest BCUT2D eigenvalue weighted by molar-refractivity contribution is -0.127. The Bertz CT molecular complexity index is 734.